The molecule has 0 fully saturated rings. The lowest BCUT2D eigenvalue weighted by molar-refractivity contribution is 0.341. The SMILES string of the molecule is CCc1ccc(OCCS(=O)(=O)Nc2ccccc2)cc1. The highest BCUT2D eigenvalue weighted by Crippen LogP contribution is 2.13. The molecule has 2 rings (SSSR count). The normalized spacial score (nSPS) is 11.1. The average Bonchev–Trinajstić information content (AvgIpc) is 2.48. The smallest absolute Gasteiger partial charge is 0.236 e. The molecule has 0 bridgehead atoms. The lowest BCUT2D eigenvalue weighted by atomic mass is 10.2. The maximum Gasteiger partial charge on any atom is 0.236 e. The molecule has 0 amide bonds. The van der Waals surface area contributed by atoms with Crippen LogP contribution in [0.4, 0.5) is 5.69 Å². The second-order valence-corrected chi connectivity index (χ2v) is 6.47. The van der Waals surface area contributed by atoms with E-state index in [-0.39, 0.29) is 12.4 Å². The first-order valence-electron chi connectivity index (χ1n) is 6.86. The minimum absolute atomic E-state index is 0.0859. The van der Waals surface area contributed by atoms with E-state index in [4.69, 9.17) is 4.74 Å². The van der Waals surface area contributed by atoms with Gasteiger partial charge in [-0.25, -0.2) is 8.42 Å². The quantitative estimate of drug-likeness (QED) is 0.855. The van der Waals surface area contributed by atoms with Crippen molar-refractivity contribution in [2.24, 2.45) is 0 Å². The summed E-state index contributed by atoms with van der Waals surface area (Å²) in [7, 11) is -3.39. The van der Waals surface area contributed by atoms with Crippen molar-refractivity contribution in [2.75, 3.05) is 17.1 Å². The standard InChI is InChI=1S/C16H19NO3S/c1-2-14-8-10-16(11-9-14)20-12-13-21(18,19)17-15-6-4-3-5-7-15/h3-11,17H,2,12-13H2,1H3. The van der Waals surface area contributed by atoms with Crippen molar-refractivity contribution in [3.05, 3.63) is 60.2 Å². The molecule has 21 heavy (non-hydrogen) atoms. The van der Waals surface area contributed by atoms with E-state index in [2.05, 4.69) is 11.6 Å². The van der Waals surface area contributed by atoms with Gasteiger partial charge in [0.15, 0.2) is 0 Å². The van der Waals surface area contributed by atoms with Gasteiger partial charge in [-0.15, -0.1) is 0 Å². The summed E-state index contributed by atoms with van der Waals surface area (Å²) < 4.78 is 31.8. The van der Waals surface area contributed by atoms with E-state index in [0.717, 1.165) is 6.42 Å². The summed E-state index contributed by atoms with van der Waals surface area (Å²) >= 11 is 0. The van der Waals surface area contributed by atoms with E-state index >= 15 is 0 Å². The zero-order chi connectivity index (χ0) is 15.1. The molecule has 0 aliphatic carbocycles. The third-order valence-corrected chi connectivity index (χ3v) is 4.25. The molecule has 0 aliphatic rings. The monoisotopic (exact) mass is 305 g/mol. The van der Waals surface area contributed by atoms with E-state index < -0.39 is 10.0 Å². The molecule has 2 aromatic carbocycles. The molecule has 112 valence electrons. The predicted molar refractivity (Wildman–Crippen MR) is 85.2 cm³/mol. The van der Waals surface area contributed by atoms with Crippen LogP contribution in [0, 0.1) is 0 Å². The molecule has 0 saturated carbocycles. The van der Waals surface area contributed by atoms with Gasteiger partial charge in [0.25, 0.3) is 0 Å². The number of benzene rings is 2. The molecule has 5 heteroatoms. The number of hydrogen-bond donors (Lipinski definition) is 1. The van der Waals surface area contributed by atoms with E-state index in [9.17, 15) is 8.42 Å². The highest BCUT2D eigenvalue weighted by atomic mass is 32.2. The maximum atomic E-state index is 11.9. The van der Waals surface area contributed by atoms with Gasteiger partial charge in [0.05, 0.1) is 0 Å². The molecule has 0 aliphatic heterocycles. The molecule has 0 atom stereocenters. The second-order valence-electron chi connectivity index (χ2n) is 4.63. The van der Waals surface area contributed by atoms with Crippen LogP contribution in [-0.4, -0.2) is 20.8 Å². The van der Waals surface area contributed by atoms with Gasteiger partial charge in [-0.1, -0.05) is 37.3 Å². The number of rotatable bonds is 7. The molecular formula is C16H19NO3S. The molecule has 2 aromatic rings. The summed E-state index contributed by atoms with van der Waals surface area (Å²) in [5, 5.41) is 0. The number of para-hydroxylation sites is 1. The van der Waals surface area contributed by atoms with E-state index in [1.54, 1.807) is 24.3 Å². The van der Waals surface area contributed by atoms with Crippen molar-refractivity contribution in [1.82, 2.24) is 0 Å². The van der Waals surface area contributed by atoms with Crippen molar-refractivity contribution >= 4 is 15.7 Å². The van der Waals surface area contributed by atoms with Crippen molar-refractivity contribution in [3.63, 3.8) is 0 Å². The van der Waals surface area contributed by atoms with Crippen molar-refractivity contribution in [3.8, 4) is 5.75 Å². The number of hydrogen-bond acceptors (Lipinski definition) is 3. The van der Waals surface area contributed by atoms with Crippen LogP contribution < -0.4 is 9.46 Å². The fraction of sp³-hybridized carbons (Fsp3) is 0.250. The first-order chi connectivity index (χ1) is 10.1. The summed E-state index contributed by atoms with van der Waals surface area (Å²) in [6, 6.07) is 16.5. The average molecular weight is 305 g/mol. The highest BCUT2D eigenvalue weighted by molar-refractivity contribution is 7.92. The van der Waals surface area contributed by atoms with E-state index in [0.29, 0.717) is 11.4 Å². The van der Waals surface area contributed by atoms with Crippen molar-refractivity contribution < 1.29 is 13.2 Å². The Balaban J connectivity index is 1.84. The third kappa shape index (κ3) is 5.11. The number of nitrogens with one attached hydrogen (secondary N) is 1. The van der Waals surface area contributed by atoms with Gasteiger partial charge in [0, 0.05) is 5.69 Å². The Morgan fingerprint density at radius 2 is 1.67 bits per heavy atom. The Morgan fingerprint density at radius 3 is 2.29 bits per heavy atom. The summed E-state index contributed by atoms with van der Waals surface area (Å²) in [5.74, 6) is 0.597. The van der Waals surface area contributed by atoms with E-state index in [1.165, 1.54) is 5.56 Å². The molecule has 0 aromatic heterocycles. The van der Waals surface area contributed by atoms with Gasteiger partial charge < -0.3 is 4.74 Å². The van der Waals surface area contributed by atoms with Gasteiger partial charge in [0.2, 0.25) is 10.0 Å². The molecule has 0 radical (unpaired) electrons. The number of anilines is 1. The van der Waals surface area contributed by atoms with Crippen molar-refractivity contribution in [2.45, 2.75) is 13.3 Å². The van der Waals surface area contributed by atoms with Gasteiger partial charge in [-0.3, -0.25) is 4.72 Å². The molecule has 0 unspecified atom stereocenters. The lowest BCUT2D eigenvalue weighted by Crippen LogP contribution is -2.21. The Hall–Kier alpha value is -2.01. The molecular weight excluding hydrogens is 286 g/mol. The fourth-order valence-corrected chi connectivity index (χ4v) is 2.73. The molecule has 0 saturated heterocycles. The largest absolute Gasteiger partial charge is 0.492 e. The van der Waals surface area contributed by atoms with Crippen LogP contribution in [0.1, 0.15) is 12.5 Å². The molecule has 4 nitrogen and oxygen atoms in total. The fourth-order valence-electron chi connectivity index (χ4n) is 1.83. The lowest BCUT2D eigenvalue weighted by Gasteiger charge is -2.09. The molecule has 0 spiro atoms. The molecule has 0 heterocycles. The minimum Gasteiger partial charge on any atom is -0.492 e. The van der Waals surface area contributed by atoms with Crippen LogP contribution in [0.15, 0.2) is 54.6 Å². The second kappa shape index (κ2) is 7.13. The number of sulfonamides is 1. The van der Waals surface area contributed by atoms with Gasteiger partial charge in [-0.2, -0.15) is 0 Å². The van der Waals surface area contributed by atoms with Crippen LogP contribution in [-0.2, 0) is 16.4 Å². The first-order valence-corrected chi connectivity index (χ1v) is 8.51. The maximum absolute atomic E-state index is 11.9. The predicted octanol–water partition coefficient (Wildman–Crippen LogP) is 3.07. The minimum atomic E-state index is -3.39. The summed E-state index contributed by atoms with van der Waals surface area (Å²) in [6.07, 6.45) is 0.968. The number of ether oxygens (including phenoxy) is 1. The van der Waals surface area contributed by atoms with Crippen LogP contribution >= 0.6 is 0 Å². The summed E-state index contributed by atoms with van der Waals surface area (Å²) in [5.41, 5.74) is 1.78. The Bertz CT molecular complexity index is 652. The van der Waals surface area contributed by atoms with Gasteiger partial charge in [0.1, 0.15) is 18.1 Å². The van der Waals surface area contributed by atoms with Crippen LogP contribution in [0.2, 0.25) is 0 Å². The summed E-state index contributed by atoms with van der Waals surface area (Å²) in [6.45, 7) is 2.20. The first kappa shape index (κ1) is 15.4. The Kier molecular flexibility index (Phi) is 5.22. The Labute approximate surface area is 125 Å². The van der Waals surface area contributed by atoms with Gasteiger partial charge >= 0.3 is 0 Å². The van der Waals surface area contributed by atoms with Crippen molar-refractivity contribution in [1.29, 1.82) is 0 Å². The van der Waals surface area contributed by atoms with Crippen LogP contribution in [0.3, 0.4) is 0 Å². The summed E-state index contributed by atoms with van der Waals surface area (Å²) in [4.78, 5) is 0. The zero-order valence-corrected chi connectivity index (χ0v) is 12.8. The van der Waals surface area contributed by atoms with Crippen LogP contribution in [0.5, 0.6) is 5.75 Å². The third-order valence-electron chi connectivity index (χ3n) is 3.00. The zero-order valence-electron chi connectivity index (χ0n) is 12.0. The topological polar surface area (TPSA) is 55.4 Å². The number of aryl methyl sites for hydroxylation is 1. The highest BCUT2D eigenvalue weighted by Gasteiger charge is 2.10. The van der Waals surface area contributed by atoms with E-state index in [1.807, 2.05) is 30.3 Å². The molecule has 1 N–H and O–H groups in total. The Morgan fingerprint density at radius 1 is 1.00 bits per heavy atom. The van der Waals surface area contributed by atoms with Gasteiger partial charge in [-0.05, 0) is 36.2 Å². The van der Waals surface area contributed by atoms with Crippen LogP contribution in [0.25, 0.3) is 0 Å².